The Morgan fingerprint density at radius 3 is 2.48 bits per heavy atom. The van der Waals surface area contributed by atoms with Crippen LogP contribution in [0.5, 0.6) is 5.75 Å². The largest absolute Gasteiger partial charge is 0.495 e. The number of ether oxygens (including phenoxy) is 2. The standard InChI is InChI=1S/C14H22N2O4S/c1-19-10-11-5-7-16(8-6-11)21(17,18)12-3-4-14(20-2)13(15)9-12/h3-4,9,11H,5-8,10,15H2,1-2H3. The number of hydrogen-bond donors (Lipinski definition) is 1. The second kappa shape index (κ2) is 6.64. The van der Waals surface area contributed by atoms with E-state index in [2.05, 4.69) is 0 Å². The van der Waals surface area contributed by atoms with Gasteiger partial charge in [0.25, 0.3) is 0 Å². The van der Waals surface area contributed by atoms with Crippen molar-refractivity contribution in [2.45, 2.75) is 17.7 Å². The molecule has 1 heterocycles. The van der Waals surface area contributed by atoms with Gasteiger partial charge in [0.15, 0.2) is 0 Å². The minimum atomic E-state index is -3.49. The van der Waals surface area contributed by atoms with E-state index in [9.17, 15) is 8.42 Å². The van der Waals surface area contributed by atoms with E-state index in [-0.39, 0.29) is 4.90 Å². The topological polar surface area (TPSA) is 81.9 Å². The molecule has 2 N–H and O–H groups in total. The number of anilines is 1. The van der Waals surface area contributed by atoms with Crippen LogP contribution in [0.25, 0.3) is 0 Å². The van der Waals surface area contributed by atoms with Crippen LogP contribution in [0.15, 0.2) is 23.1 Å². The van der Waals surface area contributed by atoms with Crippen LogP contribution in [-0.2, 0) is 14.8 Å². The quantitative estimate of drug-likeness (QED) is 0.829. The SMILES string of the molecule is COCC1CCN(S(=O)(=O)c2ccc(OC)c(N)c2)CC1. The number of piperidine rings is 1. The Bertz CT molecular complexity index is 581. The van der Waals surface area contributed by atoms with Gasteiger partial charge in [0, 0.05) is 26.8 Å². The first-order valence-electron chi connectivity index (χ1n) is 6.91. The predicted molar refractivity (Wildman–Crippen MR) is 80.8 cm³/mol. The van der Waals surface area contributed by atoms with Crippen molar-refractivity contribution >= 4 is 15.7 Å². The van der Waals surface area contributed by atoms with Crippen molar-refractivity contribution < 1.29 is 17.9 Å². The minimum Gasteiger partial charge on any atom is -0.495 e. The molecular weight excluding hydrogens is 292 g/mol. The van der Waals surface area contributed by atoms with Crippen LogP contribution in [0.4, 0.5) is 5.69 Å². The lowest BCUT2D eigenvalue weighted by atomic mass is 9.99. The van der Waals surface area contributed by atoms with Crippen molar-refractivity contribution in [1.82, 2.24) is 4.31 Å². The van der Waals surface area contributed by atoms with Gasteiger partial charge >= 0.3 is 0 Å². The first kappa shape index (κ1) is 16.1. The number of nitrogens with zero attached hydrogens (tertiary/aromatic N) is 1. The van der Waals surface area contributed by atoms with Gasteiger partial charge in [-0.2, -0.15) is 4.31 Å². The van der Waals surface area contributed by atoms with Crippen molar-refractivity contribution in [2.24, 2.45) is 5.92 Å². The van der Waals surface area contributed by atoms with Crippen molar-refractivity contribution in [1.29, 1.82) is 0 Å². The van der Waals surface area contributed by atoms with Crippen molar-refractivity contribution in [3.63, 3.8) is 0 Å². The Kier molecular flexibility index (Phi) is 5.08. The van der Waals surface area contributed by atoms with Gasteiger partial charge in [-0.15, -0.1) is 0 Å². The molecule has 1 aromatic rings. The van der Waals surface area contributed by atoms with Gasteiger partial charge in [0.05, 0.1) is 17.7 Å². The van der Waals surface area contributed by atoms with E-state index in [0.29, 0.717) is 37.1 Å². The van der Waals surface area contributed by atoms with Crippen LogP contribution < -0.4 is 10.5 Å². The van der Waals surface area contributed by atoms with Crippen molar-refractivity contribution in [3.8, 4) is 5.75 Å². The monoisotopic (exact) mass is 314 g/mol. The summed E-state index contributed by atoms with van der Waals surface area (Å²) in [5.74, 6) is 0.912. The summed E-state index contributed by atoms with van der Waals surface area (Å²) in [5, 5.41) is 0. The third kappa shape index (κ3) is 3.48. The molecule has 1 aliphatic heterocycles. The molecule has 0 aromatic heterocycles. The zero-order valence-corrected chi connectivity index (χ0v) is 13.2. The fourth-order valence-corrected chi connectivity index (χ4v) is 4.08. The minimum absolute atomic E-state index is 0.214. The summed E-state index contributed by atoms with van der Waals surface area (Å²) in [7, 11) is -0.321. The number of sulfonamides is 1. The lowest BCUT2D eigenvalue weighted by Crippen LogP contribution is -2.39. The van der Waals surface area contributed by atoms with Crippen LogP contribution in [0, 0.1) is 5.92 Å². The third-order valence-electron chi connectivity index (χ3n) is 3.81. The third-order valence-corrected chi connectivity index (χ3v) is 5.71. The van der Waals surface area contributed by atoms with E-state index in [1.165, 1.54) is 23.5 Å². The van der Waals surface area contributed by atoms with Gasteiger partial charge in [0.2, 0.25) is 10.0 Å². The normalized spacial score (nSPS) is 17.8. The average molecular weight is 314 g/mol. The van der Waals surface area contributed by atoms with Crippen molar-refractivity contribution in [3.05, 3.63) is 18.2 Å². The van der Waals surface area contributed by atoms with Crippen LogP contribution in [-0.4, -0.2) is 46.6 Å². The molecule has 21 heavy (non-hydrogen) atoms. The zero-order chi connectivity index (χ0) is 15.5. The molecular formula is C14H22N2O4S. The van der Waals surface area contributed by atoms with E-state index < -0.39 is 10.0 Å². The summed E-state index contributed by atoms with van der Waals surface area (Å²) >= 11 is 0. The maximum Gasteiger partial charge on any atom is 0.243 e. The highest BCUT2D eigenvalue weighted by atomic mass is 32.2. The zero-order valence-electron chi connectivity index (χ0n) is 12.4. The molecule has 0 saturated carbocycles. The summed E-state index contributed by atoms with van der Waals surface area (Å²) in [5.41, 5.74) is 6.12. The molecule has 0 bridgehead atoms. The number of nitrogens with two attached hydrogens (primary N) is 1. The molecule has 0 unspecified atom stereocenters. The Morgan fingerprint density at radius 1 is 1.29 bits per heavy atom. The molecule has 1 aliphatic rings. The summed E-state index contributed by atoms with van der Waals surface area (Å²) in [4.78, 5) is 0.214. The van der Waals surface area contributed by atoms with E-state index in [1.807, 2.05) is 0 Å². The van der Waals surface area contributed by atoms with Gasteiger partial charge in [-0.1, -0.05) is 0 Å². The fraction of sp³-hybridized carbons (Fsp3) is 0.571. The Labute approximate surface area is 125 Å². The predicted octanol–water partition coefficient (Wildman–Crippen LogP) is 1.32. The molecule has 0 amide bonds. The van der Waals surface area contributed by atoms with Crippen LogP contribution >= 0.6 is 0 Å². The molecule has 0 aliphatic carbocycles. The van der Waals surface area contributed by atoms with E-state index in [4.69, 9.17) is 15.2 Å². The number of hydrogen-bond acceptors (Lipinski definition) is 5. The second-order valence-corrected chi connectivity index (χ2v) is 7.14. The van der Waals surface area contributed by atoms with E-state index in [0.717, 1.165) is 12.8 Å². The molecule has 6 nitrogen and oxygen atoms in total. The molecule has 7 heteroatoms. The second-order valence-electron chi connectivity index (χ2n) is 5.21. The van der Waals surface area contributed by atoms with Gasteiger partial charge in [-0.25, -0.2) is 8.42 Å². The molecule has 118 valence electrons. The van der Waals surface area contributed by atoms with E-state index in [1.54, 1.807) is 13.2 Å². The number of methoxy groups -OCH3 is 2. The smallest absolute Gasteiger partial charge is 0.243 e. The maximum atomic E-state index is 12.6. The highest BCUT2D eigenvalue weighted by molar-refractivity contribution is 7.89. The Morgan fingerprint density at radius 2 is 1.95 bits per heavy atom. The highest BCUT2D eigenvalue weighted by Gasteiger charge is 2.29. The molecule has 0 spiro atoms. The van der Waals surface area contributed by atoms with Gasteiger partial charge in [-0.05, 0) is 37.0 Å². The summed E-state index contributed by atoms with van der Waals surface area (Å²) < 4.78 is 36.9. The molecule has 2 rings (SSSR count). The average Bonchev–Trinajstić information content (AvgIpc) is 2.48. The van der Waals surface area contributed by atoms with E-state index >= 15 is 0 Å². The molecule has 0 atom stereocenters. The van der Waals surface area contributed by atoms with Crippen molar-refractivity contribution in [2.75, 3.05) is 39.6 Å². The summed E-state index contributed by atoms with van der Waals surface area (Å²) in [6, 6.07) is 4.57. The first-order chi connectivity index (χ1) is 9.98. The maximum absolute atomic E-state index is 12.6. The van der Waals surface area contributed by atoms with Crippen LogP contribution in [0.3, 0.4) is 0 Å². The Balaban J connectivity index is 2.14. The van der Waals surface area contributed by atoms with Gasteiger partial charge < -0.3 is 15.2 Å². The first-order valence-corrected chi connectivity index (χ1v) is 8.35. The number of nitrogen functional groups attached to an aromatic ring is 1. The molecule has 1 aromatic carbocycles. The Hall–Kier alpha value is -1.31. The van der Waals surface area contributed by atoms with Gasteiger partial charge in [-0.3, -0.25) is 0 Å². The molecule has 0 radical (unpaired) electrons. The highest BCUT2D eigenvalue weighted by Crippen LogP contribution is 2.28. The van der Waals surface area contributed by atoms with Crippen LogP contribution in [0.1, 0.15) is 12.8 Å². The molecule has 1 saturated heterocycles. The summed E-state index contributed by atoms with van der Waals surface area (Å²) in [6.07, 6.45) is 1.64. The lowest BCUT2D eigenvalue weighted by Gasteiger charge is -2.30. The lowest BCUT2D eigenvalue weighted by molar-refractivity contribution is 0.121. The van der Waals surface area contributed by atoms with Gasteiger partial charge in [0.1, 0.15) is 5.75 Å². The number of rotatable bonds is 5. The fourth-order valence-electron chi connectivity index (χ4n) is 2.57. The molecule has 1 fully saturated rings. The number of benzene rings is 1. The summed E-state index contributed by atoms with van der Waals surface area (Å²) in [6.45, 7) is 1.72. The van der Waals surface area contributed by atoms with Crippen LogP contribution in [0.2, 0.25) is 0 Å².